The van der Waals surface area contributed by atoms with E-state index < -0.39 is 0 Å². The molecule has 17 heavy (non-hydrogen) atoms. The summed E-state index contributed by atoms with van der Waals surface area (Å²) in [5, 5.41) is 7.27. The van der Waals surface area contributed by atoms with Crippen LogP contribution in [0.2, 0.25) is 0 Å². The van der Waals surface area contributed by atoms with Gasteiger partial charge in [0.15, 0.2) is 0 Å². The number of benzene rings is 1. The predicted molar refractivity (Wildman–Crippen MR) is 68.6 cm³/mol. The number of nitrogens with two attached hydrogens (primary N) is 1. The Morgan fingerprint density at radius 2 is 2.18 bits per heavy atom. The molecule has 1 unspecified atom stereocenters. The number of nitrogens with zero attached hydrogens (tertiary/aromatic N) is 1. The van der Waals surface area contributed by atoms with Crippen LogP contribution < -0.4 is 5.73 Å². The van der Waals surface area contributed by atoms with E-state index in [1.807, 2.05) is 20.9 Å². The standard InChI is InChI=1S/C13H20FN3/c1-9-4-5-12(14)7-11(9)8-17(3)10(2)6-13(15)16/h4-5,7,10H,6,8H2,1-3H3,(H3,15,16). The van der Waals surface area contributed by atoms with Crippen LogP contribution in [0.15, 0.2) is 18.2 Å². The lowest BCUT2D eigenvalue weighted by Crippen LogP contribution is -2.32. The summed E-state index contributed by atoms with van der Waals surface area (Å²) < 4.78 is 13.1. The molecule has 3 nitrogen and oxygen atoms in total. The van der Waals surface area contributed by atoms with Gasteiger partial charge in [-0.05, 0) is 44.2 Å². The largest absolute Gasteiger partial charge is 0.388 e. The first-order valence-corrected chi connectivity index (χ1v) is 5.68. The number of rotatable bonds is 5. The zero-order valence-electron chi connectivity index (χ0n) is 10.6. The molecule has 1 aromatic carbocycles. The lowest BCUT2D eigenvalue weighted by molar-refractivity contribution is 0.253. The minimum absolute atomic E-state index is 0.176. The van der Waals surface area contributed by atoms with Crippen molar-refractivity contribution in [3.63, 3.8) is 0 Å². The van der Waals surface area contributed by atoms with Gasteiger partial charge >= 0.3 is 0 Å². The fourth-order valence-electron chi connectivity index (χ4n) is 1.71. The zero-order chi connectivity index (χ0) is 13.0. The van der Waals surface area contributed by atoms with E-state index in [4.69, 9.17) is 11.1 Å². The average molecular weight is 237 g/mol. The minimum Gasteiger partial charge on any atom is -0.388 e. The van der Waals surface area contributed by atoms with E-state index in [-0.39, 0.29) is 17.7 Å². The van der Waals surface area contributed by atoms with Crippen molar-refractivity contribution >= 4 is 5.84 Å². The van der Waals surface area contributed by atoms with Gasteiger partial charge in [-0.1, -0.05) is 6.07 Å². The van der Waals surface area contributed by atoms with Crippen LogP contribution in [0.3, 0.4) is 0 Å². The van der Waals surface area contributed by atoms with Crippen molar-refractivity contribution in [3.8, 4) is 0 Å². The molecular weight excluding hydrogens is 217 g/mol. The molecular formula is C13H20FN3. The second kappa shape index (κ2) is 5.77. The fourth-order valence-corrected chi connectivity index (χ4v) is 1.71. The lowest BCUT2D eigenvalue weighted by Gasteiger charge is -2.25. The molecule has 0 saturated carbocycles. The van der Waals surface area contributed by atoms with Crippen LogP contribution in [-0.4, -0.2) is 23.8 Å². The van der Waals surface area contributed by atoms with Crippen LogP contribution in [0.4, 0.5) is 4.39 Å². The molecule has 1 rings (SSSR count). The topological polar surface area (TPSA) is 53.1 Å². The molecule has 3 N–H and O–H groups in total. The Morgan fingerprint density at radius 3 is 2.76 bits per heavy atom. The van der Waals surface area contributed by atoms with E-state index in [0.717, 1.165) is 11.1 Å². The maximum atomic E-state index is 13.1. The zero-order valence-corrected chi connectivity index (χ0v) is 10.6. The number of hydrogen-bond acceptors (Lipinski definition) is 2. The minimum atomic E-state index is -0.210. The monoisotopic (exact) mass is 237 g/mol. The van der Waals surface area contributed by atoms with Crippen molar-refractivity contribution < 1.29 is 4.39 Å². The predicted octanol–water partition coefficient (Wildman–Crippen LogP) is 2.28. The first-order chi connectivity index (χ1) is 7.90. The number of nitrogens with one attached hydrogen (secondary N) is 1. The fraction of sp³-hybridized carbons (Fsp3) is 0.462. The number of amidine groups is 1. The van der Waals surface area contributed by atoms with E-state index >= 15 is 0 Å². The van der Waals surface area contributed by atoms with Crippen LogP contribution in [-0.2, 0) is 6.54 Å². The van der Waals surface area contributed by atoms with Crippen LogP contribution in [0.25, 0.3) is 0 Å². The van der Waals surface area contributed by atoms with Gasteiger partial charge in [0.2, 0.25) is 0 Å². The molecule has 1 aromatic rings. The molecule has 0 aliphatic rings. The third-order valence-electron chi connectivity index (χ3n) is 3.00. The van der Waals surface area contributed by atoms with Gasteiger partial charge in [0.25, 0.3) is 0 Å². The van der Waals surface area contributed by atoms with Gasteiger partial charge in [0, 0.05) is 19.0 Å². The van der Waals surface area contributed by atoms with Gasteiger partial charge < -0.3 is 5.73 Å². The molecule has 0 saturated heterocycles. The summed E-state index contributed by atoms with van der Waals surface area (Å²) in [6.45, 7) is 4.65. The van der Waals surface area contributed by atoms with E-state index in [1.165, 1.54) is 6.07 Å². The van der Waals surface area contributed by atoms with E-state index in [1.54, 1.807) is 12.1 Å². The van der Waals surface area contributed by atoms with Crippen molar-refractivity contribution in [2.75, 3.05) is 7.05 Å². The maximum absolute atomic E-state index is 13.1. The summed E-state index contributed by atoms with van der Waals surface area (Å²) in [6.07, 6.45) is 0.533. The molecule has 4 heteroatoms. The Hall–Kier alpha value is -1.42. The molecule has 0 amide bonds. The quantitative estimate of drug-likeness (QED) is 0.609. The summed E-state index contributed by atoms with van der Waals surface area (Å²) in [4.78, 5) is 2.07. The van der Waals surface area contributed by atoms with E-state index in [0.29, 0.717) is 13.0 Å². The molecule has 0 aliphatic carbocycles. The third kappa shape index (κ3) is 4.15. The van der Waals surface area contributed by atoms with Gasteiger partial charge in [-0.3, -0.25) is 10.3 Å². The van der Waals surface area contributed by atoms with Crippen molar-refractivity contribution in [3.05, 3.63) is 35.1 Å². The number of halogens is 1. The van der Waals surface area contributed by atoms with Crippen molar-refractivity contribution in [2.24, 2.45) is 5.73 Å². The number of aryl methyl sites for hydroxylation is 1. The molecule has 0 aliphatic heterocycles. The van der Waals surface area contributed by atoms with Crippen molar-refractivity contribution in [2.45, 2.75) is 32.9 Å². The normalized spacial score (nSPS) is 12.8. The number of hydrogen-bond donors (Lipinski definition) is 2. The highest BCUT2D eigenvalue weighted by Gasteiger charge is 2.12. The van der Waals surface area contributed by atoms with Crippen LogP contribution in [0.5, 0.6) is 0 Å². The molecule has 0 fully saturated rings. The second-order valence-corrected chi connectivity index (χ2v) is 4.56. The summed E-state index contributed by atoms with van der Waals surface area (Å²) in [7, 11) is 1.96. The second-order valence-electron chi connectivity index (χ2n) is 4.56. The van der Waals surface area contributed by atoms with Crippen LogP contribution in [0, 0.1) is 18.2 Å². The molecule has 0 heterocycles. The third-order valence-corrected chi connectivity index (χ3v) is 3.00. The summed E-state index contributed by atoms with van der Waals surface area (Å²) in [5.41, 5.74) is 7.43. The molecule has 94 valence electrons. The van der Waals surface area contributed by atoms with Gasteiger partial charge in [-0.15, -0.1) is 0 Å². The molecule has 0 aromatic heterocycles. The Morgan fingerprint density at radius 1 is 1.53 bits per heavy atom. The van der Waals surface area contributed by atoms with Gasteiger partial charge in [-0.2, -0.15) is 0 Å². The smallest absolute Gasteiger partial charge is 0.123 e. The van der Waals surface area contributed by atoms with Crippen molar-refractivity contribution in [1.82, 2.24) is 4.90 Å². The van der Waals surface area contributed by atoms with E-state index in [9.17, 15) is 4.39 Å². The summed E-state index contributed by atoms with van der Waals surface area (Å²) >= 11 is 0. The SMILES string of the molecule is Cc1ccc(F)cc1CN(C)C(C)CC(=N)N. The summed E-state index contributed by atoms with van der Waals surface area (Å²) in [5.74, 6) is -0.0291. The Kier molecular flexibility index (Phi) is 4.63. The highest BCUT2D eigenvalue weighted by molar-refractivity contribution is 5.77. The highest BCUT2D eigenvalue weighted by atomic mass is 19.1. The highest BCUT2D eigenvalue weighted by Crippen LogP contribution is 2.14. The Labute approximate surface area is 102 Å². The maximum Gasteiger partial charge on any atom is 0.123 e. The van der Waals surface area contributed by atoms with Gasteiger partial charge in [0.05, 0.1) is 5.84 Å². The molecule has 0 spiro atoms. The van der Waals surface area contributed by atoms with Crippen LogP contribution >= 0.6 is 0 Å². The Bertz CT molecular complexity index is 404. The first-order valence-electron chi connectivity index (χ1n) is 5.68. The van der Waals surface area contributed by atoms with Gasteiger partial charge in [-0.25, -0.2) is 4.39 Å². The van der Waals surface area contributed by atoms with Gasteiger partial charge in [0.1, 0.15) is 5.82 Å². The molecule has 1 atom stereocenters. The van der Waals surface area contributed by atoms with Crippen molar-refractivity contribution in [1.29, 1.82) is 5.41 Å². The molecule has 0 bridgehead atoms. The lowest BCUT2D eigenvalue weighted by atomic mass is 10.1. The average Bonchev–Trinajstić information content (AvgIpc) is 2.22. The van der Waals surface area contributed by atoms with Crippen LogP contribution in [0.1, 0.15) is 24.5 Å². The molecule has 0 radical (unpaired) electrons. The van der Waals surface area contributed by atoms with E-state index in [2.05, 4.69) is 4.90 Å². The first kappa shape index (κ1) is 13.6. The summed E-state index contributed by atoms with van der Waals surface area (Å²) in [6, 6.07) is 4.99. The Balaban J connectivity index is 2.70.